The first-order chi connectivity index (χ1) is 26.0. The Morgan fingerprint density at radius 1 is 0.630 bits per heavy atom. The van der Waals surface area contributed by atoms with E-state index < -0.39 is 0 Å². The van der Waals surface area contributed by atoms with Gasteiger partial charge in [0.05, 0.1) is 0 Å². The quantitative estimate of drug-likeness (QED) is 0.150. The fraction of sp³-hybridized carbons (Fsp3) is 0.453. The second-order valence-corrected chi connectivity index (χ2v) is 20.2. The average molecular weight is 792 g/mol. The molecule has 4 aliphatic carbocycles. The van der Waals surface area contributed by atoms with Crippen LogP contribution in [0.5, 0.6) is 0 Å². The average Bonchev–Trinajstić information content (AvgIpc) is 3.87. The molecule has 8 rings (SSSR count). The van der Waals surface area contributed by atoms with Crippen molar-refractivity contribution in [2.45, 2.75) is 142 Å². The van der Waals surface area contributed by atoms with E-state index in [0.29, 0.717) is 0 Å². The number of benzene rings is 4. The van der Waals surface area contributed by atoms with E-state index in [1.165, 1.54) is 133 Å². The van der Waals surface area contributed by atoms with E-state index in [1.54, 1.807) is 24.2 Å². The Hall–Kier alpha value is -2.89. The van der Waals surface area contributed by atoms with Gasteiger partial charge in [-0.1, -0.05) is 131 Å². The summed E-state index contributed by atoms with van der Waals surface area (Å²) in [4.78, 5) is 0. The third-order valence-corrected chi connectivity index (χ3v) is 12.9. The molecule has 1 heteroatoms. The Bertz CT molecular complexity index is 1740. The van der Waals surface area contributed by atoms with Crippen LogP contribution in [0, 0.1) is 24.0 Å². The SMILES string of the molecule is CC(C)(C)c1cc2c([c-]c1-c1ccccc1)Cc1cc(-c3ccccc3)c(C(C)(C)C)cc1-2.[C-]1=CC=CC1.[Zr+2]=[C](CC1CCCCC1)CC1CCCCC1. The molecule has 0 N–H and O–H groups in total. The van der Waals surface area contributed by atoms with Gasteiger partial charge in [-0.15, -0.1) is 35.2 Å². The maximum atomic E-state index is 3.88. The molecule has 4 aromatic rings. The molecule has 2 saturated carbocycles. The molecule has 0 bridgehead atoms. The van der Waals surface area contributed by atoms with Crippen molar-refractivity contribution in [3.05, 3.63) is 131 Å². The fourth-order valence-electron chi connectivity index (χ4n) is 9.00. The Balaban J connectivity index is 0.000000195. The van der Waals surface area contributed by atoms with Gasteiger partial charge in [-0.3, -0.25) is 6.08 Å². The number of allylic oxidation sites excluding steroid dienone is 4. The summed E-state index contributed by atoms with van der Waals surface area (Å²) in [6.07, 6.45) is 29.1. The second-order valence-electron chi connectivity index (χ2n) is 18.4. The zero-order valence-corrected chi connectivity index (χ0v) is 36.7. The summed E-state index contributed by atoms with van der Waals surface area (Å²) in [5.74, 6) is 2.15. The van der Waals surface area contributed by atoms with Crippen LogP contribution in [0.25, 0.3) is 33.4 Å². The van der Waals surface area contributed by atoms with Crippen LogP contribution in [0.4, 0.5) is 0 Å². The molecule has 0 spiro atoms. The molecule has 4 aromatic carbocycles. The first-order valence-corrected chi connectivity index (χ1v) is 22.4. The van der Waals surface area contributed by atoms with E-state index in [0.717, 1.165) is 24.7 Å². The summed E-state index contributed by atoms with van der Waals surface area (Å²) < 4.78 is 1.91. The van der Waals surface area contributed by atoms with Gasteiger partial charge >= 0.3 is 116 Å². The molecule has 0 nitrogen and oxygen atoms in total. The van der Waals surface area contributed by atoms with Crippen LogP contribution >= 0.6 is 0 Å². The van der Waals surface area contributed by atoms with Crippen LogP contribution in [-0.2, 0) is 41.5 Å². The van der Waals surface area contributed by atoms with Crippen molar-refractivity contribution < 1.29 is 24.2 Å². The number of rotatable bonds is 6. The number of hydrogen-bond acceptors (Lipinski definition) is 0. The summed E-state index contributed by atoms with van der Waals surface area (Å²) in [5.41, 5.74) is 13.5. The third-order valence-electron chi connectivity index (χ3n) is 11.9. The van der Waals surface area contributed by atoms with Gasteiger partial charge in [0.2, 0.25) is 0 Å². The van der Waals surface area contributed by atoms with Gasteiger partial charge in [0, 0.05) is 0 Å². The van der Waals surface area contributed by atoms with Crippen LogP contribution in [-0.4, -0.2) is 3.21 Å². The summed E-state index contributed by atoms with van der Waals surface area (Å²) in [6, 6.07) is 32.8. The summed E-state index contributed by atoms with van der Waals surface area (Å²) in [6.45, 7) is 13.9. The molecular formula is C53H64Zr. The van der Waals surface area contributed by atoms with Gasteiger partial charge in [-0.2, -0.15) is 6.08 Å². The molecule has 280 valence electrons. The van der Waals surface area contributed by atoms with E-state index in [-0.39, 0.29) is 10.8 Å². The zero-order valence-electron chi connectivity index (χ0n) is 34.3. The van der Waals surface area contributed by atoms with Gasteiger partial charge in [0.25, 0.3) is 0 Å². The van der Waals surface area contributed by atoms with Crippen LogP contribution in [0.3, 0.4) is 0 Å². The monoisotopic (exact) mass is 790 g/mol. The van der Waals surface area contributed by atoms with Crippen molar-refractivity contribution in [1.82, 2.24) is 0 Å². The summed E-state index contributed by atoms with van der Waals surface area (Å²) in [5, 5.41) is 0. The van der Waals surface area contributed by atoms with Crippen LogP contribution in [0.15, 0.2) is 97.1 Å². The third kappa shape index (κ3) is 10.9. The van der Waals surface area contributed by atoms with E-state index in [4.69, 9.17) is 0 Å². The Labute approximate surface area is 344 Å². The van der Waals surface area contributed by atoms with Gasteiger partial charge in [-0.25, -0.2) is 12.2 Å². The molecule has 0 heterocycles. The predicted octanol–water partition coefficient (Wildman–Crippen LogP) is 14.9. The minimum atomic E-state index is 0.0380. The Kier molecular flexibility index (Phi) is 14.2. The Morgan fingerprint density at radius 3 is 1.65 bits per heavy atom. The zero-order chi connectivity index (χ0) is 38.1. The molecule has 2 fully saturated rings. The molecule has 0 radical (unpaired) electrons. The molecule has 0 amide bonds. The molecule has 0 aliphatic heterocycles. The van der Waals surface area contributed by atoms with Gasteiger partial charge < -0.3 is 0 Å². The van der Waals surface area contributed by atoms with E-state index in [1.807, 2.05) is 15.4 Å². The van der Waals surface area contributed by atoms with Crippen molar-refractivity contribution in [3.8, 4) is 33.4 Å². The van der Waals surface area contributed by atoms with Crippen molar-refractivity contribution in [3.63, 3.8) is 0 Å². The van der Waals surface area contributed by atoms with Crippen LogP contribution in [0.1, 0.15) is 147 Å². The van der Waals surface area contributed by atoms with Crippen LogP contribution < -0.4 is 0 Å². The molecular weight excluding hydrogens is 728 g/mol. The molecule has 0 saturated heterocycles. The van der Waals surface area contributed by atoms with Gasteiger partial charge in [0.1, 0.15) is 0 Å². The normalized spacial score (nSPS) is 16.9. The summed E-state index contributed by atoms with van der Waals surface area (Å²) >= 11 is 1.75. The maximum absolute atomic E-state index is 3.88. The molecule has 54 heavy (non-hydrogen) atoms. The van der Waals surface area contributed by atoms with Crippen molar-refractivity contribution >= 4 is 3.21 Å². The summed E-state index contributed by atoms with van der Waals surface area (Å²) in [7, 11) is 0. The first-order valence-electron chi connectivity index (χ1n) is 21.1. The van der Waals surface area contributed by atoms with Crippen molar-refractivity contribution in [2.24, 2.45) is 11.8 Å². The van der Waals surface area contributed by atoms with Gasteiger partial charge in [-0.05, 0) is 39.5 Å². The standard InChI is InChI=1S/C33H33.C15H26.C5H5.Zr/c1-32(2,3)30-20-26-24(18-28(30)22-13-9-7-10-14-22)17-25-19-29(23-15-11-8-12-16-23)31(21-27(25)26)33(4,5)6;1-3-8-14(9-4-1)12-7-13-15-10-5-2-6-11-15;1-2-4-5-3-1;/h7-16,18,20-21H,17H2,1-6H3;14-15H,1-6,8-13H2;1-3H,4H2;/q-1;;-1;+2. The van der Waals surface area contributed by atoms with Crippen molar-refractivity contribution in [2.75, 3.05) is 0 Å². The van der Waals surface area contributed by atoms with E-state index in [9.17, 15) is 0 Å². The van der Waals surface area contributed by atoms with Gasteiger partial charge in [0.15, 0.2) is 0 Å². The van der Waals surface area contributed by atoms with E-state index >= 15 is 0 Å². The predicted molar refractivity (Wildman–Crippen MR) is 231 cm³/mol. The van der Waals surface area contributed by atoms with E-state index in [2.05, 4.69) is 139 Å². The molecule has 0 unspecified atom stereocenters. The molecule has 0 aromatic heterocycles. The number of hydrogen-bond donors (Lipinski definition) is 0. The molecule has 4 aliphatic rings. The molecule has 0 atom stereocenters. The minimum absolute atomic E-state index is 0.0380. The Morgan fingerprint density at radius 2 is 1.17 bits per heavy atom. The second kappa shape index (κ2) is 18.8. The van der Waals surface area contributed by atoms with Crippen molar-refractivity contribution in [1.29, 1.82) is 0 Å². The van der Waals surface area contributed by atoms with Crippen LogP contribution in [0.2, 0.25) is 0 Å². The fourth-order valence-corrected chi connectivity index (χ4v) is 10.4. The number of fused-ring (bicyclic) bond motifs is 3. The topological polar surface area (TPSA) is 0 Å². The first kappa shape index (κ1) is 40.8.